The van der Waals surface area contributed by atoms with Gasteiger partial charge in [-0.1, -0.05) is 12.1 Å². The Kier molecular flexibility index (Phi) is 7.90. The Balaban J connectivity index is 1.35. The number of hydrogen-bond donors (Lipinski definition) is 0. The number of likely N-dealkylation sites (tertiary alicyclic amines) is 1. The molecule has 0 aliphatic carbocycles. The van der Waals surface area contributed by atoms with Crippen molar-refractivity contribution in [2.75, 3.05) is 34.4 Å². The Morgan fingerprint density at radius 2 is 1.72 bits per heavy atom. The molecular weight excluding hydrogens is 460 g/mol. The largest absolute Gasteiger partial charge is 0.497 e. The van der Waals surface area contributed by atoms with E-state index in [-0.39, 0.29) is 18.0 Å². The zero-order valence-corrected chi connectivity index (χ0v) is 21.1. The maximum Gasteiger partial charge on any atom is 0.329 e. The fourth-order valence-electron chi connectivity index (χ4n) is 4.47. The highest BCUT2D eigenvalue weighted by Gasteiger charge is 2.26. The van der Waals surface area contributed by atoms with Crippen LogP contribution in [0.3, 0.4) is 0 Å². The third-order valence-electron chi connectivity index (χ3n) is 6.42. The Hall–Kier alpha value is -3.85. The van der Waals surface area contributed by atoms with Crippen LogP contribution in [0.25, 0.3) is 11.3 Å². The molecule has 1 aliphatic heterocycles. The molecule has 36 heavy (non-hydrogen) atoms. The van der Waals surface area contributed by atoms with Crippen molar-refractivity contribution in [1.82, 2.24) is 19.4 Å². The van der Waals surface area contributed by atoms with Gasteiger partial charge in [-0.15, -0.1) is 0 Å². The van der Waals surface area contributed by atoms with Crippen molar-refractivity contribution in [3.63, 3.8) is 0 Å². The van der Waals surface area contributed by atoms with Crippen molar-refractivity contribution in [2.24, 2.45) is 0 Å². The van der Waals surface area contributed by atoms with E-state index in [1.165, 1.54) is 11.5 Å². The molecule has 0 radical (unpaired) electrons. The van der Waals surface area contributed by atoms with Crippen LogP contribution in [0.2, 0.25) is 0 Å². The van der Waals surface area contributed by atoms with Crippen molar-refractivity contribution in [1.29, 1.82) is 0 Å². The quantitative estimate of drug-likeness (QED) is 0.363. The van der Waals surface area contributed by atoms with Gasteiger partial charge in [-0.25, -0.2) is 9.78 Å². The van der Waals surface area contributed by atoms with E-state index in [0.717, 1.165) is 43.6 Å². The molecule has 2 aromatic carbocycles. The first-order chi connectivity index (χ1) is 17.4. The van der Waals surface area contributed by atoms with Gasteiger partial charge < -0.3 is 19.1 Å². The first-order valence-corrected chi connectivity index (χ1v) is 11.9. The smallest absolute Gasteiger partial charge is 0.329 e. The summed E-state index contributed by atoms with van der Waals surface area (Å²) in [5.41, 5.74) is 2.57. The molecule has 4 rings (SSSR count). The maximum atomic E-state index is 13.2. The van der Waals surface area contributed by atoms with Crippen LogP contribution < -0.4 is 14.2 Å². The topological polar surface area (TPSA) is 86.1 Å². The van der Waals surface area contributed by atoms with Crippen LogP contribution in [0.1, 0.15) is 25.3 Å². The molecule has 1 saturated heterocycles. The summed E-state index contributed by atoms with van der Waals surface area (Å²) in [5, 5.41) is 0. The lowest BCUT2D eigenvalue weighted by Crippen LogP contribution is -2.46. The summed E-state index contributed by atoms with van der Waals surface area (Å²) in [4.78, 5) is 33.0. The first-order valence-electron chi connectivity index (χ1n) is 11.9. The van der Waals surface area contributed by atoms with Gasteiger partial charge in [-0.2, -0.15) is 0 Å². The fourth-order valence-corrected chi connectivity index (χ4v) is 4.47. The number of nitrogens with zero attached hydrogens (tertiary/aromatic N) is 4. The number of methoxy groups -OCH3 is 2. The van der Waals surface area contributed by atoms with Crippen LogP contribution in [0, 0.1) is 0 Å². The maximum absolute atomic E-state index is 13.2. The summed E-state index contributed by atoms with van der Waals surface area (Å²) in [7, 11) is 5.04. The van der Waals surface area contributed by atoms with Crippen LogP contribution in [0.4, 0.5) is 4.79 Å². The molecule has 0 atom stereocenters. The van der Waals surface area contributed by atoms with Crippen molar-refractivity contribution in [3.05, 3.63) is 60.6 Å². The van der Waals surface area contributed by atoms with E-state index in [4.69, 9.17) is 14.2 Å². The molecule has 1 aliphatic rings. The second kappa shape index (κ2) is 11.3. The number of piperidine rings is 1. The minimum absolute atomic E-state index is 0.115. The second-order valence-electron chi connectivity index (χ2n) is 8.91. The second-order valence-corrected chi connectivity index (χ2v) is 8.91. The average Bonchev–Trinajstić information content (AvgIpc) is 3.38. The van der Waals surface area contributed by atoms with Crippen molar-refractivity contribution < 1.29 is 23.8 Å². The predicted octanol–water partition coefficient (Wildman–Crippen LogP) is 4.06. The van der Waals surface area contributed by atoms with E-state index in [9.17, 15) is 9.59 Å². The summed E-state index contributed by atoms with van der Waals surface area (Å²) in [6.07, 6.45) is 5.03. The summed E-state index contributed by atoms with van der Waals surface area (Å²) in [5.74, 6) is 1.56. The van der Waals surface area contributed by atoms with Crippen LogP contribution in [0.15, 0.2) is 55.0 Å². The van der Waals surface area contributed by atoms with Gasteiger partial charge in [0, 0.05) is 57.5 Å². The number of imidazole rings is 1. The number of amides is 1. The normalized spacial score (nSPS) is 14.3. The van der Waals surface area contributed by atoms with Gasteiger partial charge >= 0.3 is 12.0 Å². The van der Waals surface area contributed by atoms with Crippen LogP contribution in [-0.4, -0.2) is 71.7 Å². The summed E-state index contributed by atoms with van der Waals surface area (Å²) < 4.78 is 17.4. The molecule has 0 spiro atoms. The van der Waals surface area contributed by atoms with Crippen LogP contribution in [0.5, 0.6) is 17.2 Å². The summed E-state index contributed by atoms with van der Waals surface area (Å²) >= 11 is 0. The van der Waals surface area contributed by atoms with Crippen LogP contribution >= 0.6 is 0 Å². The highest BCUT2D eigenvalue weighted by atomic mass is 16.5. The highest BCUT2D eigenvalue weighted by molar-refractivity contribution is 5.78. The number of benzene rings is 2. The van der Waals surface area contributed by atoms with Crippen molar-refractivity contribution in [2.45, 2.75) is 32.4 Å². The number of carbonyl (C=O) groups is 2. The van der Waals surface area contributed by atoms with Crippen LogP contribution in [-0.2, 0) is 11.3 Å². The molecule has 1 amide bonds. The lowest BCUT2D eigenvalue weighted by Gasteiger charge is -2.36. The molecule has 9 nitrogen and oxygen atoms in total. The number of carbonyl (C=O) groups excluding carboxylic acids is 2. The number of aromatic nitrogens is 2. The molecular formula is C27H32N4O5. The Morgan fingerprint density at radius 3 is 2.36 bits per heavy atom. The van der Waals surface area contributed by atoms with Gasteiger partial charge in [-0.3, -0.25) is 14.3 Å². The third kappa shape index (κ3) is 6.04. The first kappa shape index (κ1) is 25.2. The van der Waals surface area contributed by atoms with Gasteiger partial charge in [0.05, 0.1) is 19.9 Å². The van der Waals surface area contributed by atoms with Crippen molar-refractivity contribution in [3.8, 4) is 28.5 Å². The van der Waals surface area contributed by atoms with E-state index in [1.807, 2.05) is 37.4 Å². The zero-order chi connectivity index (χ0) is 25.7. The fraction of sp³-hybridized carbons (Fsp3) is 0.370. The molecule has 9 heteroatoms. The van der Waals surface area contributed by atoms with Gasteiger partial charge in [0.1, 0.15) is 23.6 Å². The Labute approximate surface area is 211 Å². The monoisotopic (exact) mass is 492 g/mol. The molecule has 0 unspecified atom stereocenters. The minimum Gasteiger partial charge on any atom is -0.497 e. The average molecular weight is 493 g/mol. The Bertz CT molecular complexity index is 1190. The van der Waals surface area contributed by atoms with Gasteiger partial charge in [0.2, 0.25) is 0 Å². The van der Waals surface area contributed by atoms with Crippen molar-refractivity contribution >= 4 is 12.0 Å². The number of hydrogen-bond acceptors (Lipinski definition) is 7. The van der Waals surface area contributed by atoms with E-state index >= 15 is 0 Å². The van der Waals surface area contributed by atoms with Gasteiger partial charge in [0.15, 0.2) is 0 Å². The summed E-state index contributed by atoms with van der Waals surface area (Å²) in [6.45, 7) is 3.92. The molecule has 3 aromatic rings. The highest BCUT2D eigenvalue weighted by Crippen LogP contribution is 2.29. The molecule has 1 aromatic heterocycles. The standard InChI is InChI=1S/C27H32N4O5/c1-19(32)36-23-7-5-6-20(12-23)16-30-10-8-22(9-11-30)29(2)27(33)31-17-26(28-18-31)21-13-24(34-3)15-25(14-21)35-4/h5-7,12-15,17-18,22H,8-11,16H2,1-4H3. The predicted molar refractivity (Wildman–Crippen MR) is 135 cm³/mol. The molecule has 0 bridgehead atoms. The van der Waals surface area contributed by atoms with E-state index in [0.29, 0.717) is 22.9 Å². The zero-order valence-electron chi connectivity index (χ0n) is 21.1. The SMILES string of the molecule is COc1cc(OC)cc(-c2cn(C(=O)N(C)C3CCN(Cc4cccc(OC(C)=O)c4)CC3)cn2)c1. The number of esters is 1. The number of rotatable bonds is 7. The summed E-state index contributed by atoms with van der Waals surface area (Å²) in [6, 6.07) is 13.2. The molecule has 2 heterocycles. The van der Waals surface area contributed by atoms with Gasteiger partial charge in [0.25, 0.3) is 0 Å². The molecule has 0 saturated carbocycles. The Morgan fingerprint density at radius 1 is 1.03 bits per heavy atom. The molecule has 0 N–H and O–H groups in total. The lowest BCUT2D eigenvalue weighted by atomic mass is 10.0. The lowest BCUT2D eigenvalue weighted by molar-refractivity contribution is -0.131. The molecule has 190 valence electrons. The van der Waals surface area contributed by atoms with E-state index < -0.39 is 0 Å². The van der Waals surface area contributed by atoms with E-state index in [2.05, 4.69) is 9.88 Å². The number of ether oxygens (including phenoxy) is 3. The molecule has 1 fully saturated rings. The third-order valence-corrected chi connectivity index (χ3v) is 6.42. The van der Waals surface area contributed by atoms with E-state index in [1.54, 1.807) is 43.8 Å². The van der Waals surface area contributed by atoms with Gasteiger partial charge in [-0.05, 0) is 42.7 Å². The minimum atomic E-state index is -0.325.